The molecule has 21 heavy (non-hydrogen) atoms. The minimum absolute atomic E-state index is 0.276. The zero-order valence-corrected chi connectivity index (χ0v) is 11.5. The van der Waals surface area contributed by atoms with Crippen molar-refractivity contribution in [2.45, 2.75) is 13.5 Å². The summed E-state index contributed by atoms with van der Waals surface area (Å²) in [5.74, 6) is 0.149. The minimum atomic E-state index is -0.380. The predicted molar refractivity (Wildman–Crippen MR) is 78.1 cm³/mol. The summed E-state index contributed by atoms with van der Waals surface area (Å²) in [5, 5.41) is 4.26. The van der Waals surface area contributed by atoms with Gasteiger partial charge < -0.3 is 0 Å². The van der Waals surface area contributed by atoms with E-state index in [2.05, 4.69) is 5.10 Å². The third kappa shape index (κ3) is 2.63. The molecule has 0 radical (unpaired) electrons. The molecule has 0 fully saturated rings. The van der Waals surface area contributed by atoms with Crippen LogP contribution in [0.4, 0.5) is 4.39 Å². The van der Waals surface area contributed by atoms with Crippen LogP contribution in [-0.2, 0) is 6.54 Å². The van der Waals surface area contributed by atoms with Gasteiger partial charge in [0, 0.05) is 0 Å². The maximum atomic E-state index is 13.3. The molecule has 0 spiro atoms. The van der Waals surface area contributed by atoms with Crippen molar-refractivity contribution in [2.24, 2.45) is 0 Å². The number of aryl methyl sites for hydroxylation is 1. The predicted octanol–water partition coefficient (Wildman–Crippen LogP) is 2.53. The molecular formula is C16H14FN3O. The SMILES string of the molecule is Cc1nn(Cc2ccccc2)c(=O)n1-c1cccc(F)c1. The third-order valence-electron chi connectivity index (χ3n) is 3.24. The number of benzene rings is 2. The normalized spacial score (nSPS) is 10.8. The molecule has 3 rings (SSSR count). The van der Waals surface area contributed by atoms with Gasteiger partial charge in [0.2, 0.25) is 0 Å². The van der Waals surface area contributed by atoms with Crippen LogP contribution in [0.1, 0.15) is 11.4 Å². The highest BCUT2D eigenvalue weighted by Gasteiger charge is 2.12. The smallest absolute Gasteiger partial charge is 0.247 e. The van der Waals surface area contributed by atoms with Crippen molar-refractivity contribution in [2.75, 3.05) is 0 Å². The standard InChI is InChI=1S/C16H14FN3O/c1-12-18-19(11-13-6-3-2-4-7-13)16(21)20(12)15-9-5-8-14(17)10-15/h2-10H,11H2,1H3. The maximum Gasteiger partial charge on any atom is 0.350 e. The lowest BCUT2D eigenvalue weighted by molar-refractivity contribution is 0.625. The average Bonchev–Trinajstić information content (AvgIpc) is 2.74. The molecule has 0 bridgehead atoms. The molecule has 0 atom stereocenters. The zero-order valence-electron chi connectivity index (χ0n) is 11.5. The second-order valence-electron chi connectivity index (χ2n) is 4.79. The highest BCUT2D eigenvalue weighted by molar-refractivity contribution is 5.32. The van der Waals surface area contributed by atoms with Crippen molar-refractivity contribution in [3.05, 3.63) is 82.3 Å². The first-order valence-electron chi connectivity index (χ1n) is 6.61. The molecule has 106 valence electrons. The van der Waals surface area contributed by atoms with Crippen LogP contribution in [0, 0.1) is 12.7 Å². The fourth-order valence-electron chi connectivity index (χ4n) is 2.29. The van der Waals surface area contributed by atoms with E-state index >= 15 is 0 Å². The molecule has 0 unspecified atom stereocenters. The first-order chi connectivity index (χ1) is 10.1. The monoisotopic (exact) mass is 283 g/mol. The zero-order chi connectivity index (χ0) is 14.8. The van der Waals surface area contributed by atoms with Crippen molar-refractivity contribution in [1.29, 1.82) is 0 Å². The molecule has 1 heterocycles. The van der Waals surface area contributed by atoms with Gasteiger partial charge in [-0.25, -0.2) is 18.4 Å². The maximum absolute atomic E-state index is 13.3. The molecule has 0 saturated carbocycles. The molecule has 0 N–H and O–H groups in total. The summed E-state index contributed by atoms with van der Waals surface area (Å²) in [6.45, 7) is 2.12. The Morgan fingerprint density at radius 3 is 2.57 bits per heavy atom. The molecule has 0 amide bonds. The second kappa shape index (κ2) is 5.36. The van der Waals surface area contributed by atoms with E-state index in [9.17, 15) is 9.18 Å². The number of hydrogen-bond acceptors (Lipinski definition) is 2. The summed E-state index contributed by atoms with van der Waals surface area (Å²) in [7, 11) is 0. The van der Waals surface area contributed by atoms with Crippen LogP contribution < -0.4 is 5.69 Å². The molecule has 0 aliphatic rings. The largest absolute Gasteiger partial charge is 0.350 e. The number of rotatable bonds is 3. The Morgan fingerprint density at radius 2 is 1.86 bits per heavy atom. The Labute approximate surface area is 121 Å². The van der Waals surface area contributed by atoms with Gasteiger partial charge in [0.15, 0.2) is 0 Å². The van der Waals surface area contributed by atoms with Crippen LogP contribution in [-0.4, -0.2) is 14.3 Å². The number of nitrogens with zero attached hydrogens (tertiary/aromatic N) is 3. The van der Waals surface area contributed by atoms with Gasteiger partial charge >= 0.3 is 5.69 Å². The Kier molecular flexibility index (Phi) is 3.39. The van der Waals surface area contributed by atoms with E-state index in [1.54, 1.807) is 19.1 Å². The Morgan fingerprint density at radius 1 is 1.10 bits per heavy atom. The molecule has 3 aromatic rings. The van der Waals surface area contributed by atoms with E-state index in [0.717, 1.165) is 5.56 Å². The molecule has 4 nitrogen and oxygen atoms in total. The van der Waals surface area contributed by atoms with Gasteiger partial charge in [-0.05, 0) is 30.7 Å². The number of hydrogen-bond donors (Lipinski definition) is 0. The molecule has 5 heteroatoms. The van der Waals surface area contributed by atoms with Crippen molar-refractivity contribution in [3.63, 3.8) is 0 Å². The highest BCUT2D eigenvalue weighted by Crippen LogP contribution is 2.09. The fraction of sp³-hybridized carbons (Fsp3) is 0.125. The van der Waals surface area contributed by atoms with Crippen LogP contribution >= 0.6 is 0 Å². The summed E-state index contributed by atoms with van der Waals surface area (Å²) < 4.78 is 16.1. The van der Waals surface area contributed by atoms with E-state index in [1.165, 1.54) is 21.4 Å². The summed E-state index contributed by atoms with van der Waals surface area (Å²) in [6, 6.07) is 15.5. The second-order valence-corrected chi connectivity index (χ2v) is 4.79. The minimum Gasteiger partial charge on any atom is -0.247 e. The molecular weight excluding hydrogens is 269 g/mol. The van der Waals surface area contributed by atoms with E-state index in [-0.39, 0.29) is 11.5 Å². The molecule has 0 saturated heterocycles. The molecule has 1 aromatic heterocycles. The van der Waals surface area contributed by atoms with E-state index in [1.807, 2.05) is 30.3 Å². The van der Waals surface area contributed by atoms with Crippen molar-refractivity contribution < 1.29 is 4.39 Å². The molecule has 0 aliphatic heterocycles. The number of aromatic nitrogens is 3. The summed E-state index contributed by atoms with van der Waals surface area (Å²) in [4.78, 5) is 12.4. The number of halogens is 1. The summed E-state index contributed by atoms with van der Waals surface area (Å²) in [6.07, 6.45) is 0. The van der Waals surface area contributed by atoms with Crippen LogP contribution in [0.15, 0.2) is 59.4 Å². The highest BCUT2D eigenvalue weighted by atomic mass is 19.1. The van der Waals surface area contributed by atoms with Gasteiger partial charge in [-0.1, -0.05) is 36.4 Å². The Balaban J connectivity index is 2.03. The van der Waals surface area contributed by atoms with Gasteiger partial charge in [0.1, 0.15) is 11.6 Å². The van der Waals surface area contributed by atoms with Crippen molar-refractivity contribution in [1.82, 2.24) is 14.3 Å². The van der Waals surface area contributed by atoms with Gasteiger partial charge in [-0.3, -0.25) is 0 Å². The van der Waals surface area contributed by atoms with Gasteiger partial charge in [0.25, 0.3) is 0 Å². The summed E-state index contributed by atoms with van der Waals surface area (Å²) >= 11 is 0. The lowest BCUT2D eigenvalue weighted by atomic mass is 10.2. The van der Waals surface area contributed by atoms with E-state index in [0.29, 0.717) is 18.1 Å². The first kappa shape index (κ1) is 13.3. The van der Waals surface area contributed by atoms with Crippen molar-refractivity contribution >= 4 is 0 Å². The van der Waals surface area contributed by atoms with Gasteiger partial charge in [0.05, 0.1) is 12.2 Å². The van der Waals surface area contributed by atoms with Gasteiger partial charge in [-0.15, -0.1) is 0 Å². The molecule has 2 aromatic carbocycles. The van der Waals surface area contributed by atoms with Crippen LogP contribution in [0.2, 0.25) is 0 Å². The fourth-order valence-corrected chi connectivity index (χ4v) is 2.29. The lowest BCUT2D eigenvalue weighted by Gasteiger charge is -2.02. The van der Waals surface area contributed by atoms with Crippen molar-refractivity contribution in [3.8, 4) is 5.69 Å². The molecule has 0 aliphatic carbocycles. The lowest BCUT2D eigenvalue weighted by Crippen LogP contribution is -2.24. The van der Waals surface area contributed by atoms with E-state index in [4.69, 9.17) is 0 Å². The van der Waals surface area contributed by atoms with Crippen LogP contribution in [0.3, 0.4) is 0 Å². The quantitative estimate of drug-likeness (QED) is 0.741. The topological polar surface area (TPSA) is 39.8 Å². The third-order valence-corrected chi connectivity index (χ3v) is 3.24. The Hall–Kier alpha value is -2.69. The van der Waals surface area contributed by atoms with Crippen LogP contribution in [0.5, 0.6) is 0 Å². The summed E-state index contributed by atoms with van der Waals surface area (Å²) in [5.41, 5.74) is 1.20. The van der Waals surface area contributed by atoms with Crippen LogP contribution in [0.25, 0.3) is 5.69 Å². The van der Waals surface area contributed by atoms with Gasteiger partial charge in [-0.2, -0.15) is 5.10 Å². The first-order valence-corrected chi connectivity index (χ1v) is 6.61. The van der Waals surface area contributed by atoms with E-state index < -0.39 is 0 Å². The average molecular weight is 283 g/mol. The Bertz CT molecular complexity index is 821.